The van der Waals surface area contributed by atoms with E-state index in [1.165, 1.54) is 0 Å². The number of nitrogens with two attached hydrogens (primary N) is 1. The number of nitrogens with one attached hydrogen (secondary N) is 2. The van der Waals surface area contributed by atoms with Crippen LogP contribution in [0.15, 0.2) is 36.7 Å². The summed E-state index contributed by atoms with van der Waals surface area (Å²) in [6, 6.07) is 7.77. The average molecular weight is 295 g/mol. The second-order valence-corrected chi connectivity index (χ2v) is 4.73. The van der Waals surface area contributed by atoms with Crippen LogP contribution in [0.3, 0.4) is 0 Å². The van der Waals surface area contributed by atoms with Gasteiger partial charge in [-0.2, -0.15) is 9.97 Å². The molecule has 7 heteroatoms. The predicted octanol–water partition coefficient (Wildman–Crippen LogP) is 1.88. The zero-order chi connectivity index (χ0) is 15.4. The maximum Gasteiger partial charge on any atom is 0.241 e. The van der Waals surface area contributed by atoms with Gasteiger partial charge in [-0.1, -0.05) is 13.0 Å². The number of rotatable bonds is 5. The van der Waals surface area contributed by atoms with Crippen molar-refractivity contribution in [3.8, 4) is 0 Å². The highest BCUT2D eigenvalue weighted by atomic mass is 15.3. The summed E-state index contributed by atoms with van der Waals surface area (Å²) in [5.74, 6) is 6.44. The average Bonchev–Trinajstić information content (AvgIpc) is 2.59. The Labute approximate surface area is 128 Å². The highest BCUT2D eigenvalue weighted by Gasteiger charge is 2.08. The quantitative estimate of drug-likeness (QED) is 0.488. The van der Waals surface area contributed by atoms with E-state index < -0.39 is 0 Å². The van der Waals surface area contributed by atoms with Crippen molar-refractivity contribution in [2.24, 2.45) is 5.84 Å². The lowest BCUT2D eigenvalue weighted by Gasteiger charge is -2.11. The van der Waals surface area contributed by atoms with E-state index in [0.717, 1.165) is 23.1 Å². The molecule has 0 saturated heterocycles. The first-order chi connectivity index (χ1) is 10.8. The molecule has 0 atom stereocenters. The number of pyridine rings is 2. The predicted molar refractivity (Wildman–Crippen MR) is 86.1 cm³/mol. The molecule has 0 aliphatic rings. The molecule has 0 saturated carbocycles. The number of hydrogen-bond acceptors (Lipinski definition) is 7. The second kappa shape index (κ2) is 6.31. The van der Waals surface area contributed by atoms with E-state index >= 15 is 0 Å². The fourth-order valence-electron chi connectivity index (χ4n) is 2.29. The summed E-state index contributed by atoms with van der Waals surface area (Å²) in [6.07, 6.45) is 4.39. The zero-order valence-corrected chi connectivity index (χ0v) is 12.2. The molecule has 112 valence electrons. The van der Waals surface area contributed by atoms with E-state index in [2.05, 4.69) is 43.7 Å². The minimum Gasteiger partial charge on any atom is -0.365 e. The van der Waals surface area contributed by atoms with Crippen LogP contribution in [0.4, 0.5) is 11.8 Å². The van der Waals surface area contributed by atoms with Crippen molar-refractivity contribution in [3.05, 3.63) is 47.9 Å². The molecule has 0 aliphatic heterocycles. The van der Waals surface area contributed by atoms with E-state index in [0.29, 0.717) is 24.0 Å². The van der Waals surface area contributed by atoms with Crippen molar-refractivity contribution in [3.63, 3.8) is 0 Å². The molecule has 0 amide bonds. The largest absolute Gasteiger partial charge is 0.365 e. The smallest absolute Gasteiger partial charge is 0.241 e. The molecular weight excluding hydrogens is 278 g/mol. The maximum atomic E-state index is 5.42. The number of nitrogen functional groups attached to an aromatic ring is 1. The molecule has 22 heavy (non-hydrogen) atoms. The van der Waals surface area contributed by atoms with Gasteiger partial charge in [0.15, 0.2) is 5.65 Å². The first-order valence-electron chi connectivity index (χ1n) is 7.08. The Morgan fingerprint density at radius 1 is 1.09 bits per heavy atom. The van der Waals surface area contributed by atoms with Crippen LogP contribution in [0.2, 0.25) is 0 Å². The third-order valence-electron chi connectivity index (χ3n) is 3.37. The highest BCUT2D eigenvalue weighted by molar-refractivity contribution is 5.87. The van der Waals surface area contributed by atoms with E-state index in [1.807, 2.05) is 24.4 Å². The van der Waals surface area contributed by atoms with Crippen LogP contribution in [0.1, 0.15) is 18.2 Å². The van der Waals surface area contributed by atoms with E-state index in [4.69, 9.17) is 5.84 Å². The van der Waals surface area contributed by atoms with Gasteiger partial charge >= 0.3 is 0 Å². The van der Waals surface area contributed by atoms with Gasteiger partial charge in [0.2, 0.25) is 5.95 Å². The first-order valence-corrected chi connectivity index (χ1v) is 7.08. The van der Waals surface area contributed by atoms with Crippen LogP contribution in [0, 0.1) is 0 Å². The number of aryl methyl sites for hydroxylation is 1. The van der Waals surface area contributed by atoms with Crippen molar-refractivity contribution >= 4 is 22.8 Å². The molecule has 7 nitrogen and oxygen atoms in total. The summed E-state index contributed by atoms with van der Waals surface area (Å²) in [4.78, 5) is 17.2. The lowest BCUT2D eigenvalue weighted by atomic mass is 10.1. The van der Waals surface area contributed by atoms with Crippen LogP contribution in [-0.4, -0.2) is 19.9 Å². The van der Waals surface area contributed by atoms with Crippen LogP contribution < -0.4 is 16.6 Å². The van der Waals surface area contributed by atoms with Crippen molar-refractivity contribution in [2.45, 2.75) is 19.9 Å². The molecule has 0 aliphatic carbocycles. The second-order valence-electron chi connectivity index (χ2n) is 4.73. The molecule has 3 aromatic rings. The number of nitrogens with zero attached hydrogens (tertiary/aromatic N) is 4. The molecular formula is C15H17N7. The van der Waals surface area contributed by atoms with Gasteiger partial charge in [0, 0.05) is 24.6 Å². The van der Waals surface area contributed by atoms with Crippen LogP contribution in [0.25, 0.3) is 11.0 Å². The van der Waals surface area contributed by atoms with Crippen molar-refractivity contribution in [1.82, 2.24) is 19.9 Å². The minimum atomic E-state index is 0.329. The summed E-state index contributed by atoms with van der Waals surface area (Å²) in [5.41, 5.74) is 5.27. The van der Waals surface area contributed by atoms with Gasteiger partial charge in [-0.05, 0) is 30.2 Å². The summed E-state index contributed by atoms with van der Waals surface area (Å²) in [7, 11) is 0. The summed E-state index contributed by atoms with van der Waals surface area (Å²) >= 11 is 0. The lowest BCUT2D eigenvalue weighted by molar-refractivity contribution is 0.964. The highest BCUT2D eigenvalue weighted by Crippen LogP contribution is 2.20. The van der Waals surface area contributed by atoms with Gasteiger partial charge in [0.05, 0.1) is 5.39 Å². The normalized spacial score (nSPS) is 10.6. The third kappa shape index (κ3) is 2.79. The molecule has 3 aromatic heterocycles. The molecule has 3 rings (SSSR count). The number of aromatic nitrogens is 4. The zero-order valence-electron chi connectivity index (χ0n) is 12.2. The third-order valence-corrected chi connectivity index (χ3v) is 3.37. The maximum absolute atomic E-state index is 5.42. The standard InChI is InChI=1S/C15H17N7/c1-2-12-10(5-3-7-17-12)9-19-14-11-6-4-8-18-13(11)20-15(21-14)22-16/h3-8H,2,9,16H2,1H3,(H2,18,19,20,21,22). The van der Waals surface area contributed by atoms with Crippen LogP contribution in [0.5, 0.6) is 0 Å². The fourth-order valence-corrected chi connectivity index (χ4v) is 2.29. The molecule has 0 fully saturated rings. The summed E-state index contributed by atoms with van der Waals surface area (Å²) in [5, 5.41) is 4.18. The Bertz CT molecular complexity index is 788. The van der Waals surface area contributed by atoms with Gasteiger partial charge in [0.1, 0.15) is 5.82 Å². The summed E-state index contributed by atoms with van der Waals surface area (Å²) < 4.78 is 0. The molecule has 0 bridgehead atoms. The van der Waals surface area contributed by atoms with E-state index in [9.17, 15) is 0 Å². The van der Waals surface area contributed by atoms with E-state index in [-0.39, 0.29) is 0 Å². The van der Waals surface area contributed by atoms with Crippen molar-refractivity contribution < 1.29 is 0 Å². The van der Waals surface area contributed by atoms with Gasteiger partial charge in [-0.25, -0.2) is 10.8 Å². The number of hydrazine groups is 1. The Hall–Kier alpha value is -2.80. The van der Waals surface area contributed by atoms with Gasteiger partial charge < -0.3 is 5.32 Å². The molecule has 0 spiro atoms. The Morgan fingerprint density at radius 2 is 1.91 bits per heavy atom. The topological polar surface area (TPSA) is 102 Å². The van der Waals surface area contributed by atoms with Crippen molar-refractivity contribution in [1.29, 1.82) is 0 Å². The lowest BCUT2D eigenvalue weighted by Crippen LogP contribution is -2.13. The van der Waals surface area contributed by atoms with Crippen LogP contribution >= 0.6 is 0 Å². The fraction of sp³-hybridized carbons (Fsp3) is 0.200. The van der Waals surface area contributed by atoms with Gasteiger partial charge in [-0.15, -0.1) is 0 Å². The molecule has 0 unspecified atom stereocenters. The number of hydrogen-bond donors (Lipinski definition) is 3. The molecule has 3 heterocycles. The molecule has 0 radical (unpaired) electrons. The summed E-state index contributed by atoms with van der Waals surface area (Å²) in [6.45, 7) is 2.72. The first kappa shape index (κ1) is 14.2. The van der Waals surface area contributed by atoms with Gasteiger partial charge in [0.25, 0.3) is 0 Å². The number of anilines is 2. The van der Waals surface area contributed by atoms with E-state index in [1.54, 1.807) is 6.20 Å². The Morgan fingerprint density at radius 3 is 2.73 bits per heavy atom. The number of fused-ring (bicyclic) bond motifs is 1. The monoisotopic (exact) mass is 295 g/mol. The van der Waals surface area contributed by atoms with Crippen LogP contribution in [-0.2, 0) is 13.0 Å². The Kier molecular flexibility index (Phi) is 4.06. The van der Waals surface area contributed by atoms with Gasteiger partial charge in [-0.3, -0.25) is 10.4 Å². The SMILES string of the molecule is CCc1ncccc1CNc1nc(NN)nc2ncccc12. The Balaban J connectivity index is 1.93. The van der Waals surface area contributed by atoms with Crippen molar-refractivity contribution in [2.75, 3.05) is 10.7 Å². The minimum absolute atomic E-state index is 0.329. The molecule has 4 N–H and O–H groups in total. The molecule has 0 aromatic carbocycles.